The van der Waals surface area contributed by atoms with Gasteiger partial charge >= 0.3 is 0 Å². The molecule has 5 heteroatoms. The van der Waals surface area contributed by atoms with E-state index in [1.165, 1.54) is 0 Å². The molecule has 0 saturated carbocycles. The smallest absolute Gasteiger partial charge is 0.262 e. The SMILES string of the molecule is CCOc1cc2c(cc1NC(=O)COc1ccccc1)O[C@H](C)C2. The van der Waals surface area contributed by atoms with Crippen LogP contribution in [-0.4, -0.2) is 25.2 Å². The van der Waals surface area contributed by atoms with Gasteiger partial charge in [0.2, 0.25) is 0 Å². The van der Waals surface area contributed by atoms with E-state index in [9.17, 15) is 4.79 Å². The first-order valence-electron chi connectivity index (χ1n) is 8.09. The van der Waals surface area contributed by atoms with Crippen molar-refractivity contribution in [2.24, 2.45) is 0 Å². The first-order chi connectivity index (χ1) is 11.7. The highest BCUT2D eigenvalue weighted by Crippen LogP contribution is 2.38. The second kappa shape index (κ2) is 7.25. The summed E-state index contributed by atoms with van der Waals surface area (Å²) in [6, 6.07) is 13.0. The molecule has 5 nitrogen and oxygen atoms in total. The predicted octanol–water partition coefficient (Wildman–Crippen LogP) is 3.43. The zero-order valence-electron chi connectivity index (χ0n) is 13.9. The summed E-state index contributed by atoms with van der Waals surface area (Å²) < 4.78 is 16.9. The second-order valence-electron chi connectivity index (χ2n) is 5.67. The summed E-state index contributed by atoms with van der Waals surface area (Å²) in [4.78, 5) is 12.2. The summed E-state index contributed by atoms with van der Waals surface area (Å²) in [6.45, 7) is 4.39. The topological polar surface area (TPSA) is 56.8 Å². The van der Waals surface area contributed by atoms with Gasteiger partial charge in [-0.3, -0.25) is 4.79 Å². The molecule has 0 aromatic heterocycles. The Morgan fingerprint density at radius 1 is 1.25 bits per heavy atom. The van der Waals surface area contributed by atoms with E-state index in [2.05, 4.69) is 5.32 Å². The lowest BCUT2D eigenvalue weighted by atomic mass is 10.1. The van der Waals surface area contributed by atoms with E-state index in [4.69, 9.17) is 14.2 Å². The van der Waals surface area contributed by atoms with Gasteiger partial charge in [0.25, 0.3) is 5.91 Å². The Balaban J connectivity index is 1.69. The van der Waals surface area contributed by atoms with Crippen molar-refractivity contribution in [3.8, 4) is 17.2 Å². The minimum Gasteiger partial charge on any atom is -0.492 e. The zero-order chi connectivity index (χ0) is 16.9. The molecule has 1 atom stereocenters. The number of nitrogens with one attached hydrogen (secondary N) is 1. The fraction of sp³-hybridized carbons (Fsp3) is 0.316. The Hall–Kier alpha value is -2.69. The predicted molar refractivity (Wildman–Crippen MR) is 92.0 cm³/mol. The lowest BCUT2D eigenvalue weighted by Gasteiger charge is -2.14. The van der Waals surface area contributed by atoms with Crippen LogP contribution in [-0.2, 0) is 11.2 Å². The molecule has 0 aliphatic carbocycles. The van der Waals surface area contributed by atoms with Gasteiger partial charge in [-0.1, -0.05) is 18.2 Å². The Bertz CT molecular complexity index is 715. The van der Waals surface area contributed by atoms with Gasteiger partial charge in [-0.2, -0.15) is 0 Å². The number of carbonyl (C=O) groups is 1. The Morgan fingerprint density at radius 3 is 2.79 bits per heavy atom. The third-order valence-electron chi connectivity index (χ3n) is 3.69. The van der Waals surface area contributed by atoms with E-state index in [0.717, 1.165) is 17.7 Å². The summed E-state index contributed by atoms with van der Waals surface area (Å²) in [5.41, 5.74) is 1.70. The molecule has 1 N–H and O–H groups in total. The standard InChI is InChI=1S/C19H21NO4/c1-3-22-18-10-14-9-13(2)24-17(14)11-16(18)20-19(21)12-23-15-7-5-4-6-8-15/h4-8,10-11,13H,3,9,12H2,1-2H3,(H,20,21)/t13-/m1/s1. The van der Waals surface area contributed by atoms with Gasteiger partial charge < -0.3 is 19.5 Å². The molecule has 1 heterocycles. The minimum atomic E-state index is -0.245. The molecule has 0 saturated heterocycles. The van der Waals surface area contributed by atoms with Crippen molar-refractivity contribution < 1.29 is 19.0 Å². The van der Waals surface area contributed by atoms with Gasteiger partial charge in [0.15, 0.2) is 6.61 Å². The molecule has 0 bridgehead atoms. The lowest BCUT2D eigenvalue weighted by molar-refractivity contribution is -0.118. The molecule has 1 aliphatic rings. The van der Waals surface area contributed by atoms with Crippen LogP contribution in [0.5, 0.6) is 17.2 Å². The first-order valence-corrected chi connectivity index (χ1v) is 8.09. The number of carbonyl (C=O) groups excluding carboxylic acids is 1. The Labute approximate surface area is 141 Å². The number of rotatable bonds is 6. The van der Waals surface area contributed by atoms with Gasteiger partial charge in [0.1, 0.15) is 23.4 Å². The van der Waals surface area contributed by atoms with E-state index in [0.29, 0.717) is 23.8 Å². The van der Waals surface area contributed by atoms with Crippen LogP contribution in [0.15, 0.2) is 42.5 Å². The average molecular weight is 327 g/mol. The lowest BCUT2D eigenvalue weighted by Crippen LogP contribution is -2.20. The molecular formula is C19H21NO4. The third-order valence-corrected chi connectivity index (χ3v) is 3.69. The van der Waals surface area contributed by atoms with E-state index in [1.54, 1.807) is 0 Å². The maximum absolute atomic E-state index is 12.2. The van der Waals surface area contributed by atoms with E-state index in [-0.39, 0.29) is 18.6 Å². The molecule has 0 spiro atoms. The molecule has 0 fully saturated rings. The van der Waals surface area contributed by atoms with Gasteiger partial charge in [0.05, 0.1) is 12.3 Å². The molecule has 2 aromatic carbocycles. The maximum atomic E-state index is 12.2. The number of hydrogen-bond acceptors (Lipinski definition) is 4. The molecule has 2 aromatic rings. The fourth-order valence-electron chi connectivity index (χ4n) is 2.66. The molecule has 0 unspecified atom stereocenters. The number of anilines is 1. The summed E-state index contributed by atoms with van der Waals surface area (Å²) in [6.07, 6.45) is 0.989. The highest BCUT2D eigenvalue weighted by molar-refractivity contribution is 5.93. The van der Waals surface area contributed by atoms with E-state index < -0.39 is 0 Å². The monoisotopic (exact) mass is 327 g/mol. The second-order valence-corrected chi connectivity index (χ2v) is 5.67. The zero-order valence-corrected chi connectivity index (χ0v) is 13.9. The largest absolute Gasteiger partial charge is 0.492 e. The van der Waals surface area contributed by atoms with Gasteiger partial charge in [-0.15, -0.1) is 0 Å². The van der Waals surface area contributed by atoms with E-state index >= 15 is 0 Å². The quantitative estimate of drug-likeness (QED) is 0.883. The maximum Gasteiger partial charge on any atom is 0.262 e. The summed E-state index contributed by atoms with van der Waals surface area (Å²) in [5.74, 6) is 1.86. The van der Waals surface area contributed by atoms with Crippen LogP contribution in [0.3, 0.4) is 0 Å². The summed E-state index contributed by atoms with van der Waals surface area (Å²) in [7, 11) is 0. The van der Waals surface area contributed by atoms with Crippen LogP contribution in [0.2, 0.25) is 0 Å². The summed E-state index contributed by atoms with van der Waals surface area (Å²) in [5, 5.41) is 2.84. The minimum absolute atomic E-state index is 0.0656. The number of benzene rings is 2. The van der Waals surface area contributed by atoms with Gasteiger partial charge in [0, 0.05) is 18.1 Å². The number of ether oxygens (including phenoxy) is 3. The number of fused-ring (bicyclic) bond motifs is 1. The first kappa shape index (κ1) is 16.2. The Kier molecular flexibility index (Phi) is 4.89. The van der Waals surface area contributed by atoms with Crippen molar-refractivity contribution in [2.75, 3.05) is 18.5 Å². The highest BCUT2D eigenvalue weighted by Gasteiger charge is 2.22. The van der Waals surface area contributed by atoms with Crippen molar-refractivity contribution in [1.29, 1.82) is 0 Å². The van der Waals surface area contributed by atoms with Crippen LogP contribution in [0.1, 0.15) is 19.4 Å². The van der Waals surface area contributed by atoms with Gasteiger partial charge in [-0.05, 0) is 32.0 Å². The van der Waals surface area contributed by atoms with Crippen molar-refractivity contribution in [2.45, 2.75) is 26.4 Å². The van der Waals surface area contributed by atoms with Crippen LogP contribution in [0, 0.1) is 0 Å². The molecule has 0 radical (unpaired) electrons. The van der Waals surface area contributed by atoms with Crippen molar-refractivity contribution in [3.63, 3.8) is 0 Å². The molecule has 126 valence electrons. The number of amides is 1. The molecule has 24 heavy (non-hydrogen) atoms. The molecular weight excluding hydrogens is 306 g/mol. The normalized spacial score (nSPS) is 15.3. The molecule has 1 aliphatic heterocycles. The van der Waals surface area contributed by atoms with Crippen molar-refractivity contribution in [3.05, 3.63) is 48.0 Å². The van der Waals surface area contributed by atoms with Crippen LogP contribution < -0.4 is 19.5 Å². The fourth-order valence-corrected chi connectivity index (χ4v) is 2.66. The van der Waals surface area contributed by atoms with Crippen molar-refractivity contribution in [1.82, 2.24) is 0 Å². The van der Waals surface area contributed by atoms with Crippen LogP contribution in [0.4, 0.5) is 5.69 Å². The van der Waals surface area contributed by atoms with Crippen LogP contribution in [0.25, 0.3) is 0 Å². The number of hydrogen-bond donors (Lipinski definition) is 1. The van der Waals surface area contributed by atoms with Gasteiger partial charge in [-0.25, -0.2) is 0 Å². The third kappa shape index (κ3) is 3.79. The molecule has 1 amide bonds. The van der Waals surface area contributed by atoms with Crippen LogP contribution >= 0.6 is 0 Å². The highest BCUT2D eigenvalue weighted by atomic mass is 16.5. The summed E-state index contributed by atoms with van der Waals surface area (Å²) >= 11 is 0. The Morgan fingerprint density at radius 2 is 2.04 bits per heavy atom. The van der Waals surface area contributed by atoms with E-state index in [1.807, 2.05) is 56.3 Å². The number of para-hydroxylation sites is 1. The van der Waals surface area contributed by atoms with Crippen molar-refractivity contribution >= 4 is 11.6 Å². The molecule has 3 rings (SSSR count). The average Bonchev–Trinajstić information content (AvgIpc) is 2.93.